The Morgan fingerprint density at radius 1 is 1.35 bits per heavy atom. The molecule has 1 amide bonds. The van der Waals surface area contributed by atoms with E-state index in [0.29, 0.717) is 16.9 Å². The lowest BCUT2D eigenvalue weighted by atomic mass is 9.94. The van der Waals surface area contributed by atoms with E-state index in [9.17, 15) is 9.59 Å². The maximum atomic E-state index is 12.5. The molecule has 0 bridgehead atoms. The van der Waals surface area contributed by atoms with Crippen molar-refractivity contribution >= 4 is 32.7 Å². The number of hydrogen-bond acceptors (Lipinski definition) is 3. The van der Waals surface area contributed by atoms with E-state index in [1.807, 2.05) is 13.1 Å². The molecule has 1 fully saturated rings. The summed E-state index contributed by atoms with van der Waals surface area (Å²) in [4.78, 5) is 31.1. The van der Waals surface area contributed by atoms with Gasteiger partial charge in [0.25, 0.3) is 5.56 Å². The SMILES string of the molecule is CN(C(=O)Cn1cnc2ccc(Br)cc2c1=O)C1CCCCC1. The maximum Gasteiger partial charge on any atom is 0.261 e. The number of halogens is 1. The fourth-order valence-corrected chi connectivity index (χ4v) is 3.53. The number of amides is 1. The van der Waals surface area contributed by atoms with E-state index in [1.165, 1.54) is 30.2 Å². The minimum atomic E-state index is -0.179. The third-order valence-corrected chi connectivity index (χ3v) is 5.10. The predicted octanol–water partition coefficient (Wildman–Crippen LogP) is 2.95. The highest BCUT2D eigenvalue weighted by molar-refractivity contribution is 9.10. The van der Waals surface area contributed by atoms with Gasteiger partial charge >= 0.3 is 0 Å². The molecule has 3 rings (SSSR count). The van der Waals surface area contributed by atoms with E-state index in [-0.39, 0.29) is 18.0 Å². The first-order valence-corrected chi connectivity index (χ1v) is 8.76. The van der Waals surface area contributed by atoms with Crippen LogP contribution in [0.2, 0.25) is 0 Å². The maximum absolute atomic E-state index is 12.5. The van der Waals surface area contributed by atoms with Crippen molar-refractivity contribution in [1.29, 1.82) is 0 Å². The van der Waals surface area contributed by atoms with Crippen molar-refractivity contribution in [3.63, 3.8) is 0 Å². The van der Waals surface area contributed by atoms with Crippen molar-refractivity contribution in [3.8, 4) is 0 Å². The molecule has 6 heteroatoms. The van der Waals surface area contributed by atoms with Crippen LogP contribution < -0.4 is 5.56 Å². The number of carbonyl (C=O) groups is 1. The topological polar surface area (TPSA) is 55.2 Å². The number of hydrogen-bond donors (Lipinski definition) is 0. The Bertz CT molecular complexity index is 781. The minimum Gasteiger partial charge on any atom is -0.341 e. The lowest BCUT2D eigenvalue weighted by molar-refractivity contribution is -0.133. The molecular weight excluding hydrogens is 358 g/mol. The van der Waals surface area contributed by atoms with Crippen LogP contribution in [0.3, 0.4) is 0 Å². The third-order valence-electron chi connectivity index (χ3n) is 4.61. The van der Waals surface area contributed by atoms with E-state index in [0.717, 1.165) is 17.3 Å². The van der Waals surface area contributed by atoms with Gasteiger partial charge in [0, 0.05) is 17.6 Å². The molecule has 0 radical (unpaired) electrons. The van der Waals surface area contributed by atoms with Gasteiger partial charge < -0.3 is 4.90 Å². The second-order valence-corrected chi connectivity index (χ2v) is 7.05. The number of fused-ring (bicyclic) bond motifs is 1. The summed E-state index contributed by atoms with van der Waals surface area (Å²) in [5.74, 6) is -0.0323. The molecule has 0 spiro atoms. The van der Waals surface area contributed by atoms with E-state index in [4.69, 9.17) is 0 Å². The zero-order chi connectivity index (χ0) is 16.4. The van der Waals surface area contributed by atoms with E-state index in [2.05, 4.69) is 20.9 Å². The predicted molar refractivity (Wildman–Crippen MR) is 93.3 cm³/mol. The van der Waals surface area contributed by atoms with Gasteiger partial charge in [-0.2, -0.15) is 0 Å². The number of likely N-dealkylation sites (N-methyl/N-ethyl adjacent to an activating group) is 1. The first kappa shape index (κ1) is 16.2. The monoisotopic (exact) mass is 377 g/mol. The van der Waals surface area contributed by atoms with E-state index >= 15 is 0 Å². The molecule has 1 aromatic heterocycles. The summed E-state index contributed by atoms with van der Waals surface area (Å²) in [6.07, 6.45) is 7.17. The van der Waals surface area contributed by atoms with Crippen molar-refractivity contribution in [2.75, 3.05) is 7.05 Å². The van der Waals surface area contributed by atoms with Crippen LogP contribution in [0, 0.1) is 0 Å². The van der Waals surface area contributed by atoms with Crippen LogP contribution in [0.4, 0.5) is 0 Å². The van der Waals surface area contributed by atoms with Gasteiger partial charge in [0.2, 0.25) is 5.91 Å². The van der Waals surface area contributed by atoms with Crippen LogP contribution in [0.15, 0.2) is 33.8 Å². The summed E-state index contributed by atoms with van der Waals surface area (Å²) in [6, 6.07) is 5.69. The Morgan fingerprint density at radius 3 is 2.83 bits per heavy atom. The number of benzene rings is 1. The van der Waals surface area contributed by atoms with Crippen molar-refractivity contribution in [1.82, 2.24) is 14.5 Å². The molecule has 1 heterocycles. The van der Waals surface area contributed by atoms with Gasteiger partial charge in [0.15, 0.2) is 0 Å². The van der Waals surface area contributed by atoms with Crippen LogP contribution >= 0.6 is 15.9 Å². The quantitative estimate of drug-likeness (QED) is 0.825. The molecule has 0 saturated heterocycles. The Labute approximate surface area is 143 Å². The zero-order valence-electron chi connectivity index (χ0n) is 13.2. The van der Waals surface area contributed by atoms with Gasteiger partial charge in [-0.15, -0.1) is 0 Å². The molecule has 0 aliphatic heterocycles. The number of carbonyl (C=O) groups excluding carboxylic acids is 1. The average molecular weight is 378 g/mol. The van der Waals surface area contributed by atoms with Crippen molar-refractivity contribution in [3.05, 3.63) is 39.4 Å². The molecule has 122 valence electrons. The van der Waals surface area contributed by atoms with Crippen LogP contribution in [-0.4, -0.2) is 33.4 Å². The van der Waals surface area contributed by atoms with Gasteiger partial charge in [0.1, 0.15) is 6.54 Å². The molecule has 0 N–H and O–H groups in total. The summed E-state index contributed by atoms with van der Waals surface area (Å²) in [6.45, 7) is 0.0429. The van der Waals surface area contributed by atoms with Crippen LogP contribution in [0.25, 0.3) is 10.9 Å². The molecule has 5 nitrogen and oxygen atoms in total. The molecule has 1 aliphatic rings. The fraction of sp³-hybridized carbons (Fsp3) is 0.471. The Balaban J connectivity index is 1.82. The first-order chi connectivity index (χ1) is 11.1. The van der Waals surface area contributed by atoms with Crippen molar-refractivity contribution < 1.29 is 4.79 Å². The van der Waals surface area contributed by atoms with Crippen LogP contribution in [-0.2, 0) is 11.3 Å². The van der Waals surface area contributed by atoms with Gasteiger partial charge in [-0.25, -0.2) is 4.98 Å². The second-order valence-electron chi connectivity index (χ2n) is 6.14. The largest absolute Gasteiger partial charge is 0.341 e. The Morgan fingerprint density at radius 2 is 2.09 bits per heavy atom. The summed E-state index contributed by atoms with van der Waals surface area (Å²) in [5, 5.41) is 0.523. The Hall–Kier alpha value is -1.69. The summed E-state index contributed by atoms with van der Waals surface area (Å²) < 4.78 is 2.23. The van der Waals surface area contributed by atoms with Gasteiger partial charge in [-0.05, 0) is 31.0 Å². The first-order valence-electron chi connectivity index (χ1n) is 7.96. The van der Waals surface area contributed by atoms with Crippen LogP contribution in [0.1, 0.15) is 32.1 Å². The highest BCUT2D eigenvalue weighted by Crippen LogP contribution is 2.21. The van der Waals surface area contributed by atoms with E-state index in [1.54, 1.807) is 17.0 Å². The third kappa shape index (κ3) is 3.47. The van der Waals surface area contributed by atoms with Crippen LogP contribution in [0.5, 0.6) is 0 Å². The molecule has 1 saturated carbocycles. The summed E-state index contributed by atoms with van der Waals surface area (Å²) >= 11 is 3.37. The fourth-order valence-electron chi connectivity index (χ4n) is 3.17. The molecule has 1 aromatic carbocycles. The molecular formula is C17H20BrN3O2. The highest BCUT2D eigenvalue weighted by atomic mass is 79.9. The molecule has 1 aliphatic carbocycles. The number of rotatable bonds is 3. The van der Waals surface area contributed by atoms with Gasteiger partial charge in [0.05, 0.1) is 17.2 Å². The average Bonchev–Trinajstić information content (AvgIpc) is 2.58. The van der Waals surface area contributed by atoms with Crippen molar-refractivity contribution in [2.24, 2.45) is 0 Å². The lowest BCUT2D eigenvalue weighted by Gasteiger charge is -2.31. The smallest absolute Gasteiger partial charge is 0.261 e. The summed E-state index contributed by atoms with van der Waals surface area (Å²) in [7, 11) is 1.84. The highest BCUT2D eigenvalue weighted by Gasteiger charge is 2.22. The molecule has 0 atom stereocenters. The minimum absolute atomic E-state index is 0.0323. The van der Waals surface area contributed by atoms with Gasteiger partial charge in [-0.3, -0.25) is 14.2 Å². The van der Waals surface area contributed by atoms with Gasteiger partial charge in [-0.1, -0.05) is 35.2 Å². The second kappa shape index (κ2) is 6.83. The number of nitrogens with zero attached hydrogens (tertiary/aromatic N) is 3. The van der Waals surface area contributed by atoms with Crippen molar-refractivity contribution in [2.45, 2.75) is 44.7 Å². The number of aromatic nitrogens is 2. The molecule has 2 aromatic rings. The normalized spacial score (nSPS) is 15.7. The summed E-state index contributed by atoms with van der Waals surface area (Å²) in [5.41, 5.74) is 0.462. The zero-order valence-corrected chi connectivity index (χ0v) is 14.8. The molecule has 0 unspecified atom stereocenters. The van der Waals surface area contributed by atoms with E-state index < -0.39 is 0 Å². The Kier molecular flexibility index (Phi) is 4.80. The standard InChI is InChI=1S/C17H20BrN3O2/c1-20(13-5-3-2-4-6-13)16(22)10-21-11-19-15-8-7-12(18)9-14(15)17(21)23/h7-9,11,13H,2-6,10H2,1H3. The lowest BCUT2D eigenvalue weighted by Crippen LogP contribution is -2.41. The molecule has 23 heavy (non-hydrogen) atoms.